The van der Waals surface area contributed by atoms with E-state index in [-0.39, 0.29) is 24.7 Å². The van der Waals surface area contributed by atoms with Gasteiger partial charge in [0.25, 0.3) is 0 Å². The minimum Gasteiger partial charge on any atom is -0.462 e. The molecule has 6 nitrogen and oxygen atoms in total. The van der Waals surface area contributed by atoms with E-state index in [1.807, 2.05) is 0 Å². The highest BCUT2D eigenvalue weighted by Crippen LogP contribution is 2.41. The smallest absolute Gasteiger partial charge is 0.418 e. The first-order chi connectivity index (χ1) is 14.3. The Morgan fingerprint density at radius 3 is 2.67 bits per heavy atom. The number of carbonyl (C=O) groups is 1. The Balaban J connectivity index is 1.94. The van der Waals surface area contributed by atoms with Gasteiger partial charge in [-0.05, 0) is 37.3 Å². The second-order valence-corrected chi connectivity index (χ2v) is 6.28. The molecule has 0 atom stereocenters. The third kappa shape index (κ3) is 3.56. The number of ether oxygens (including phenoxy) is 3. The summed E-state index contributed by atoms with van der Waals surface area (Å²) in [6.45, 7) is 1.33. The molecule has 0 spiro atoms. The predicted molar refractivity (Wildman–Crippen MR) is 98.5 cm³/mol. The van der Waals surface area contributed by atoms with Crippen LogP contribution in [0.1, 0.15) is 22.8 Å². The lowest BCUT2D eigenvalue weighted by molar-refractivity contribution is -0.136. The molecule has 1 N–H and O–H groups in total. The van der Waals surface area contributed by atoms with E-state index in [2.05, 4.69) is 10.3 Å². The normalized spacial score (nSPS) is 12.8. The average Bonchev–Trinajstić information content (AvgIpc) is 3.14. The zero-order valence-electron chi connectivity index (χ0n) is 15.5. The number of hydrogen-bond acceptors (Lipinski definition) is 6. The van der Waals surface area contributed by atoms with E-state index < -0.39 is 34.5 Å². The number of rotatable bonds is 4. The van der Waals surface area contributed by atoms with Crippen molar-refractivity contribution in [2.75, 3.05) is 18.7 Å². The number of alkyl halides is 3. The van der Waals surface area contributed by atoms with Crippen LogP contribution in [0.5, 0.6) is 11.5 Å². The van der Waals surface area contributed by atoms with Crippen LogP contribution in [-0.4, -0.2) is 24.4 Å². The zero-order chi connectivity index (χ0) is 21.5. The van der Waals surface area contributed by atoms with E-state index >= 15 is 0 Å². The number of carbonyl (C=O) groups excluding carboxylic acids is 1. The first kappa shape index (κ1) is 19.7. The van der Waals surface area contributed by atoms with Crippen molar-refractivity contribution in [1.82, 2.24) is 4.98 Å². The van der Waals surface area contributed by atoms with Crippen LogP contribution in [0, 0.1) is 5.82 Å². The Hall–Kier alpha value is -3.56. The van der Waals surface area contributed by atoms with Gasteiger partial charge >= 0.3 is 12.1 Å². The number of anilines is 2. The highest BCUT2D eigenvalue weighted by Gasteiger charge is 2.40. The fourth-order valence-electron chi connectivity index (χ4n) is 3.13. The van der Waals surface area contributed by atoms with Crippen LogP contribution < -0.4 is 14.8 Å². The summed E-state index contributed by atoms with van der Waals surface area (Å²) in [5, 5.41) is 2.18. The first-order valence-electron chi connectivity index (χ1n) is 8.82. The molecule has 1 aromatic heterocycles. The maximum absolute atomic E-state index is 14.0. The van der Waals surface area contributed by atoms with Gasteiger partial charge in [-0.25, -0.2) is 14.2 Å². The van der Waals surface area contributed by atoms with Gasteiger partial charge in [0.15, 0.2) is 11.5 Å². The van der Waals surface area contributed by atoms with Crippen molar-refractivity contribution in [1.29, 1.82) is 0 Å². The zero-order valence-corrected chi connectivity index (χ0v) is 15.5. The number of esters is 1. The third-order valence-corrected chi connectivity index (χ3v) is 4.35. The van der Waals surface area contributed by atoms with Crippen molar-refractivity contribution in [3.05, 3.63) is 53.3 Å². The lowest BCUT2D eigenvalue weighted by atomic mass is 10.0. The summed E-state index contributed by atoms with van der Waals surface area (Å²) in [5.74, 6) is -1.63. The Bertz CT molecular complexity index is 1150. The molecule has 2 heterocycles. The van der Waals surface area contributed by atoms with Gasteiger partial charge in [0.05, 0.1) is 17.7 Å². The fraction of sp³-hybridized carbons (Fsp3) is 0.200. The summed E-state index contributed by atoms with van der Waals surface area (Å²) in [6, 6.07) is 7.39. The second-order valence-electron chi connectivity index (χ2n) is 6.28. The monoisotopic (exact) mass is 422 g/mol. The highest BCUT2D eigenvalue weighted by atomic mass is 19.4. The van der Waals surface area contributed by atoms with Crippen LogP contribution in [0.2, 0.25) is 0 Å². The predicted octanol–water partition coefficient (Wildman–Crippen LogP) is 5.04. The molecule has 0 aliphatic carbocycles. The number of halogens is 4. The molecule has 0 saturated carbocycles. The van der Waals surface area contributed by atoms with Crippen molar-refractivity contribution < 1.29 is 36.6 Å². The fourth-order valence-corrected chi connectivity index (χ4v) is 3.13. The molecule has 2 aromatic carbocycles. The summed E-state index contributed by atoms with van der Waals surface area (Å²) < 4.78 is 71.0. The topological polar surface area (TPSA) is 69.7 Å². The Morgan fingerprint density at radius 2 is 1.93 bits per heavy atom. The van der Waals surface area contributed by atoms with Crippen molar-refractivity contribution >= 4 is 28.4 Å². The van der Waals surface area contributed by atoms with E-state index in [0.29, 0.717) is 23.3 Å². The number of nitrogens with zero attached hydrogens (tertiary/aromatic N) is 1. The molecular weight excluding hydrogens is 408 g/mol. The van der Waals surface area contributed by atoms with E-state index in [1.165, 1.54) is 19.1 Å². The van der Waals surface area contributed by atoms with Crippen LogP contribution in [0.4, 0.5) is 29.1 Å². The van der Waals surface area contributed by atoms with E-state index in [9.17, 15) is 22.4 Å². The summed E-state index contributed by atoms with van der Waals surface area (Å²) in [7, 11) is 0. The van der Waals surface area contributed by atoms with Crippen LogP contribution in [0.25, 0.3) is 10.9 Å². The lowest BCUT2D eigenvalue weighted by Crippen LogP contribution is -2.19. The molecule has 4 rings (SSSR count). The van der Waals surface area contributed by atoms with E-state index in [4.69, 9.17) is 14.2 Å². The quantitative estimate of drug-likeness (QED) is 0.469. The molecule has 0 fully saturated rings. The third-order valence-electron chi connectivity index (χ3n) is 4.35. The number of fused-ring (bicyclic) bond motifs is 2. The second kappa shape index (κ2) is 7.36. The standard InChI is InChI=1S/C20H14F4N2O4/c1-2-28-19(27)16-17(20(22,23)24)12-7-10(21)3-5-13(12)26-18(16)25-11-4-6-14-15(8-11)30-9-29-14/h3-8H,2,9H2,1H3,(H,25,26). The summed E-state index contributed by atoms with van der Waals surface area (Å²) in [4.78, 5) is 16.6. The molecule has 3 aromatic rings. The number of aromatic nitrogens is 1. The average molecular weight is 422 g/mol. The highest BCUT2D eigenvalue weighted by molar-refractivity contribution is 6.03. The van der Waals surface area contributed by atoms with E-state index in [1.54, 1.807) is 6.07 Å². The van der Waals surface area contributed by atoms with Gasteiger partial charge in [-0.3, -0.25) is 0 Å². The van der Waals surface area contributed by atoms with Gasteiger partial charge in [0.1, 0.15) is 17.2 Å². The molecule has 0 bridgehead atoms. The Labute approximate surface area is 167 Å². The van der Waals surface area contributed by atoms with Gasteiger partial charge in [-0.15, -0.1) is 0 Å². The Morgan fingerprint density at radius 1 is 1.17 bits per heavy atom. The summed E-state index contributed by atoms with van der Waals surface area (Å²) >= 11 is 0. The molecule has 0 amide bonds. The first-order valence-corrected chi connectivity index (χ1v) is 8.82. The number of benzene rings is 2. The lowest BCUT2D eigenvalue weighted by Gasteiger charge is -2.19. The summed E-state index contributed by atoms with van der Waals surface area (Å²) in [6.07, 6.45) is -4.97. The van der Waals surface area contributed by atoms with Crippen molar-refractivity contribution in [3.8, 4) is 11.5 Å². The maximum Gasteiger partial charge on any atom is 0.418 e. The molecule has 30 heavy (non-hydrogen) atoms. The minimum atomic E-state index is -4.97. The van der Waals surface area contributed by atoms with Gasteiger partial charge in [0, 0.05) is 17.1 Å². The number of nitrogens with one attached hydrogen (secondary N) is 1. The Kier molecular flexibility index (Phi) is 4.84. The van der Waals surface area contributed by atoms with Crippen LogP contribution in [0.15, 0.2) is 36.4 Å². The maximum atomic E-state index is 14.0. The van der Waals surface area contributed by atoms with Gasteiger partial charge < -0.3 is 19.5 Å². The van der Waals surface area contributed by atoms with Crippen molar-refractivity contribution in [2.24, 2.45) is 0 Å². The van der Waals surface area contributed by atoms with Crippen molar-refractivity contribution in [3.63, 3.8) is 0 Å². The number of pyridine rings is 1. The van der Waals surface area contributed by atoms with Gasteiger partial charge in [-0.1, -0.05) is 0 Å². The van der Waals surface area contributed by atoms with Crippen LogP contribution in [0.3, 0.4) is 0 Å². The van der Waals surface area contributed by atoms with E-state index in [0.717, 1.165) is 12.1 Å². The SMILES string of the molecule is CCOC(=O)c1c(Nc2ccc3c(c2)OCO3)nc2ccc(F)cc2c1C(F)(F)F. The molecule has 156 valence electrons. The van der Waals surface area contributed by atoms with Crippen LogP contribution >= 0.6 is 0 Å². The molecule has 0 unspecified atom stereocenters. The minimum absolute atomic E-state index is 0.0187. The molecular formula is C20H14F4N2O4. The van der Waals surface area contributed by atoms with Gasteiger partial charge in [0.2, 0.25) is 6.79 Å². The van der Waals surface area contributed by atoms with Crippen LogP contribution in [-0.2, 0) is 10.9 Å². The van der Waals surface area contributed by atoms with Crippen molar-refractivity contribution in [2.45, 2.75) is 13.1 Å². The van der Waals surface area contributed by atoms with Gasteiger partial charge in [-0.2, -0.15) is 13.2 Å². The molecule has 1 aliphatic heterocycles. The largest absolute Gasteiger partial charge is 0.462 e. The molecule has 1 aliphatic rings. The molecule has 0 radical (unpaired) electrons. The molecule has 10 heteroatoms. The summed E-state index contributed by atoms with van der Waals surface area (Å²) in [5.41, 5.74) is -1.99. The molecule has 0 saturated heterocycles. The number of hydrogen-bond donors (Lipinski definition) is 1.